The molecule has 8 heteroatoms. The van der Waals surface area contributed by atoms with Crippen LogP contribution in [0.4, 0.5) is 11.4 Å². The number of nitro groups is 1. The highest BCUT2D eigenvalue weighted by molar-refractivity contribution is 7.07. The fraction of sp³-hybridized carbons (Fsp3) is 0.100. The number of aromatic nitrogens is 1. The molecule has 144 valence electrons. The Bertz CT molecular complexity index is 1080. The van der Waals surface area contributed by atoms with Crippen LogP contribution in [0.15, 0.2) is 71.6 Å². The van der Waals surface area contributed by atoms with Crippen LogP contribution in [-0.4, -0.2) is 15.3 Å². The fourth-order valence-corrected chi connectivity index (χ4v) is 3.55. The molecule has 0 aliphatic carbocycles. The first-order chi connectivity index (χ1) is 13.0. The number of Topliss-reactive ketones (excluding diaryl/α,β-unsaturated/α-hetero) is 1. The van der Waals surface area contributed by atoms with Crippen LogP contribution in [0.1, 0.15) is 17.3 Å². The summed E-state index contributed by atoms with van der Waals surface area (Å²) in [4.78, 5) is 27.4. The van der Waals surface area contributed by atoms with Crippen molar-refractivity contribution in [2.45, 2.75) is 13.5 Å². The molecular formula is C20H17BrN3O3S-. The molecule has 0 bridgehead atoms. The van der Waals surface area contributed by atoms with E-state index in [-0.39, 0.29) is 28.5 Å². The number of halogens is 1. The van der Waals surface area contributed by atoms with Crippen LogP contribution in [0, 0.1) is 10.1 Å². The third-order valence-corrected chi connectivity index (χ3v) is 4.82. The topological polar surface area (TPSA) is 77.5 Å². The minimum atomic E-state index is -0.407. The van der Waals surface area contributed by atoms with Crippen molar-refractivity contribution < 1.29 is 26.7 Å². The summed E-state index contributed by atoms with van der Waals surface area (Å²) in [5, 5.41) is 13.0. The van der Waals surface area contributed by atoms with Gasteiger partial charge in [0.2, 0.25) is 0 Å². The van der Waals surface area contributed by atoms with E-state index in [9.17, 15) is 14.9 Å². The van der Waals surface area contributed by atoms with E-state index in [1.165, 1.54) is 24.3 Å². The monoisotopic (exact) mass is 458 g/mol. The molecule has 0 aliphatic rings. The van der Waals surface area contributed by atoms with Crippen LogP contribution in [-0.2, 0) is 6.54 Å². The van der Waals surface area contributed by atoms with Gasteiger partial charge in [-0.1, -0.05) is 18.2 Å². The maximum atomic E-state index is 11.4. The third kappa shape index (κ3) is 4.71. The highest BCUT2D eigenvalue weighted by atomic mass is 79.9. The van der Waals surface area contributed by atoms with Crippen LogP contribution in [0.2, 0.25) is 0 Å². The predicted octanol–water partition coefficient (Wildman–Crippen LogP) is 1.75. The molecule has 28 heavy (non-hydrogen) atoms. The summed E-state index contributed by atoms with van der Waals surface area (Å²) < 4.78 is 1.95. The molecule has 0 fully saturated rings. The van der Waals surface area contributed by atoms with Gasteiger partial charge in [-0.05, 0) is 31.2 Å². The van der Waals surface area contributed by atoms with E-state index in [2.05, 4.69) is 11.6 Å². The zero-order valence-electron chi connectivity index (χ0n) is 15.0. The SMILES string of the molecule is C=CCn1c(-c2cccc([N+](=O)[O-])c2)csc1=Nc1ccc(C(C)=O)cc1.[Br-]. The van der Waals surface area contributed by atoms with Gasteiger partial charge in [0, 0.05) is 35.2 Å². The van der Waals surface area contributed by atoms with E-state index < -0.39 is 4.92 Å². The van der Waals surface area contributed by atoms with Crippen molar-refractivity contribution in [2.75, 3.05) is 0 Å². The lowest BCUT2D eigenvalue weighted by molar-refractivity contribution is -0.384. The van der Waals surface area contributed by atoms with Gasteiger partial charge in [-0.25, -0.2) is 4.99 Å². The molecule has 0 unspecified atom stereocenters. The Hall–Kier alpha value is -2.84. The van der Waals surface area contributed by atoms with Crippen molar-refractivity contribution in [1.29, 1.82) is 0 Å². The Labute approximate surface area is 176 Å². The highest BCUT2D eigenvalue weighted by Crippen LogP contribution is 2.25. The molecule has 1 heterocycles. The Morgan fingerprint density at radius 3 is 2.61 bits per heavy atom. The molecule has 3 rings (SSSR count). The summed E-state index contributed by atoms with van der Waals surface area (Å²) in [6, 6.07) is 13.6. The molecule has 0 amide bonds. The van der Waals surface area contributed by atoms with Crippen LogP contribution < -0.4 is 21.8 Å². The molecular weight excluding hydrogens is 442 g/mol. The minimum Gasteiger partial charge on any atom is -1.00 e. The number of rotatable bonds is 6. The number of hydrogen-bond acceptors (Lipinski definition) is 5. The molecule has 6 nitrogen and oxygen atoms in total. The largest absolute Gasteiger partial charge is 1.00 e. The molecule has 0 spiro atoms. The van der Waals surface area contributed by atoms with Gasteiger partial charge in [-0.2, -0.15) is 0 Å². The molecule has 0 radical (unpaired) electrons. The molecule has 0 atom stereocenters. The van der Waals surface area contributed by atoms with Crippen LogP contribution in [0.3, 0.4) is 0 Å². The van der Waals surface area contributed by atoms with Crippen molar-refractivity contribution in [3.8, 4) is 11.3 Å². The van der Waals surface area contributed by atoms with E-state index in [1.807, 2.05) is 16.0 Å². The van der Waals surface area contributed by atoms with Crippen molar-refractivity contribution in [2.24, 2.45) is 4.99 Å². The molecule has 3 aromatic rings. The number of thiazole rings is 1. The molecule has 2 aromatic carbocycles. The number of nitro benzene ring substituents is 1. The van der Waals surface area contributed by atoms with Gasteiger partial charge in [0.1, 0.15) is 0 Å². The number of benzene rings is 2. The predicted molar refractivity (Wildman–Crippen MR) is 106 cm³/mol. The number of carbonyl (C=O) groups is 1. The minimum absolute atomic E-state index is 0. The number of ketones is 1. The highest BCUT2D eigenvalue weighted by Gasteiger charge is 2.11. The van der Waals surface area contributed by atoms with Crippen molar-refractivity contribution in [3.63, 3.8) is 0 Å². The Morgan fingerprint density at radius 1 is 1.29 bits per heavy atom. The zero-order chi connectivity index (χ0) is 19.4. The number of non-ortho nitro benzene ring substituents is 1. The smallest absolute Gasteiger partial charge is 0.270 e. The second-order valence-electron chi connectivity index (χ2n) is 5.83. The van der Waals surface area contributed by atoms with Crippen LogP contribution in [0.5, 0.6) is 0 Å². The quantitative estimate of drug-likeness (QED) is 0.244. The summed E-state index contributed by atoms with van der Waals surface area (Å²) in [7, 11) is 0. The summed E-state index contributed by atoms with van der Waals surface area (Å²) in [5.74, 6) is 0.00681. The Kier molecular flexibility index (Phi) is 7.19. The van der Waals surface area contributed by atoms with Crippen molar-refractivity contribution >= 4 is 28.5 Å². The number of allylic oxidation sites excluding steroid dienone is 1. The molecule has 0 saturated carbocycles. The van der Waals surface area contributed by atoms with Gasteiger partial charge >= 0.3 is 0 Å². The third-order valence-electron chi connectivity index (χ3n) is 3.96. The second kappa shape index (κ2) is 9.38. The zero-order valence-corrected chi connectivity index (χ0v) is 17.4. The Balaban J connectivity index is 0.00000280. The van der Waals surface area contributed by atoms with E-state index in [4.69, 9.17) is 0 Å². The number of hydrogen-bond donors (Lipinski definition) is 0. The normalized spacial score (nSPS) is 11.0. The molecule has 0 saturated heterocycles. The first kappa shape index (κ1) is 21.5. The maximum absolute atomic E-state index is 11.4. The second-order valence-corrected chi connectivity index (χ2v) is 6.66. The van der Waals surface area contributed by atoms with Gasteiger partial charge < -0.3 is 21.5 Å². The Morgan fingerprint density at radius 2 is 2.00 bits per heavy atom. The van der Waals surface area contributed by atoms with E-state index in [1.54, 1.807) is 42.5 Å². The maximum Gasteiger partial charge on any atom is 0.270 e. The summed E-state index contributed by atoms with van der Waals surface area (Å²) in [6.07, 6.45) is 1.76. The lowest BCUT2D eigenvalue weighted by Crippen LogP contribution is -3.00. The van der Waals surface area contributed by atoms with Crippen molar-refractivity contribution in [3.05, 3.63) is 87.0 Å². The summed E-state index contributed by atoms with van der Waals surface area (Å²) >= 11 is 1.44. The van der Waals surface area contributed by atoms with Gasteiger partial charge in [0.05, 0.1) is 16.3 Å². The summed E-state index contributed by atoms with van der Waals surface area (Å²) in [6.45, 7) is 5.83. The van der Waals surface area contributed by atoms with E-state index in [0.29, 0.717) is 12.1 Å². The average Bonchev–Trinajstić information content (AvgIpc) is 3.05. The lowest BCUT2D eigenvalue weighted by atomic mass is 10.1. The first-order valence-corrected chi connectivity index (χ1v) is 9.07. The van der Waals surface area contributed by atoms with Gasteiger partial charge in [-0.3, -0.25) is 14.9 Å². The first-order valence-electron chi connectivity index (χ1n) is 8.19. The van der Waals surface area contributed by atoms with Crippen molar-refractivity contribution in [1.82, 2.24) is 4.57 Å². The molecule has 1 aromatic heterocycles. The van der Waals surface area contributed by atoms with Gasteiger partial charge in [0.15, 0.2) is 10.6 Å². The van der Waals surface area contributed by atoms with Gasteiger partial charge in [-0.15, -0.1) is 17.9 Å². The van der Waals surface area contributed by atoms with Gasteiger partial charge in [0.25, 0.3) is 5.69 Å². The molecule has 0 N–H and O–H groups in total. The van der Waals surface area contributed by atoms with E-state index in [0.717, 1.165) is 21.7 Å². The van der Waals surface area contributed by atoms with E-state index >= 15 is 0 Å². The summed E-state index contributed by atoms with van der Waals surface area (Å²) in [5.41, 5.74) is 2.99. The number of carbonyl (C=O) groups excluding carboxylic acids is 1. The van der Waals surface area contributed by atoms with Crippen LogP contribution >= 0.6 is 11.3 Å². The lowest BCUT2D eigenvalue weighted by Gasteiger charge is -2.06. The van der Waals surface area contributed by atoms with Crippen LogP contribution in [0.25, 0.3) is 11.3 Å². The average molecular weight is 459 g/mol. The number of nitrogens with zero attached hydrogens (tertiary/aromatic N) is 3. The standard InChI is InChI=1S/C20H17N3O3S.BrH/c1-3-11-22-19(16-5-4-6-18(12-16)23(25)26)13-27-20(22)21-17-9-7-15(8-10-17)14(2)24;/h3-10,12-13H,1,11H2,2H3;1H/p-1. The fourth-order valence-electron chi connectivity index (χ4n) is 2.61. The molecule has 0 aliphatic heterocycles.